The molecule has 1 saturated carbocycles. The third-order valence-electron chi connectivity index (χ3n) is 4.40. The molecule has 6 heteroatoms. The second-order valence-electron chi connectivity index (χ2n) is 5.95. The Morgan fingerprint density at radius 1 is 1.09 bits per heavy atom. The molecule has 1 aliphatic carbocycles. The lowest BCUT2D eigenvalue weighted by Crippen LogP contribution is -2.23. The molecule has 0 bridgehead atoms. The van der Waals surface area contributed by atoms with Gasteiger partial charge in [0.25, 0.3) is 0 Å². The Balaban J connectivity index is 1.83. The third kappa shape index (κ3) is 2.83. The van der Waals surface area contributed by atoms with E-state index in [0.717, 1.165) is 27.2 Å². The zero-order valence-corrected chi connectivity index (χ0v) is 14.3. The molecule has 0 radical (unpaired) electrons. The highest BCUT2D eigenvalue weighted by atomic mass is 79.9. The lowest BCUT2D eigenvalue weighted by molar-refractivity contribution is 0.461. The number of aromatic nitrogens is 4. The second kappa shape index (κ2) is 6.28. The van der Waals surface area contributed by atoms with Gasteiger partial charge in [0.2, 0.25) is 0 Å². The smallest absolute Gasteiger partial charge is 0.157 e. The Bertz CT molecular complexity index is 823. The number of halogens is 1. The van der Waals surface area contributed by atoms with Gasteiger partial charge in [-0.15, -0.1) is 0 Å². The summed E-state index contributed by atoms with van der Waals surface area (Å²) in [5.41, 5.74) is 2.84. The summed E-state index contributed by atoms with van der Waals surface area (Å²) in [4.78, 5) is 13.1. The van der Waals surface area contributed by atoms with Gasteiger partial charge in [-0.25, -0.2) is 4.98 Å². The fourth-order valence-electron chi connectivity index (χ4n) is 3.24. The van der Waals surface area contributed by atoms with Crippen LogP contribution in [0.15, 0.2) is 41.5 Å². The number of hydrogen-bond donors (Lipinski definition) is 1. The Kier molecular flexibility index (Phi) is 3.99. The first-order chi connectivity index (χ1) is 11.3. The van der Waals surface area contributed by atoms with E-state index in [4.69, 9.17) is 4.98 Å². The number of rotatable bonds is 3. The van der Waals surface area contributed by atoms with Crippen molar-refractivity contribution >= 4 is 27.4 Å². The van der Waals surface area contributed by atoms with E-state index in [2.05, 4.69) is 35.6 Å². The molecule has 1 N–H and O–H groups in total. The molecule has 3 aromatic heterocycles. The molecule has 5 nitrogen and oxygen atoms in total. The van der Waals surface area contributed by atoms with Gasteiger partial charge in [0.1, 0.15) is 11.5 Å². The minimum absolute atomic E-state index is 0.510. The van der Waals surface area contributed by atoms with Crippen LogP contribution in [-0.4, -0.2) is 25.4 Å². The minimum Gasteiger partial charge on any atom is -0.367 e. The molecule has 0 unspecified atom stereocenters. The number of nitrogens with one attached hydrogen (secondary N) is 1. The normalized spacial score (nSPS) is 15.9. The van der Waals surface area contributed by atoms with Gasteiger partial charge < -0.3 is 5.32 Å². The average molecular weight is 372 g/mol. The molecule has 0 amide bonds. The van der Waals surface area contributed by atoms with Gasteiger partial charge in [-0.1, -0.05) is 19.3 Å². The monoisotopic (exact) mass is 371 g/mol. The summed E-state index contributed by atoms with van der Waals surface area (Å²) in [5.74, 6) is 1.04. The van der Waals surface area contributed by atoms with Gasteiger partial charge in [-0.3, -0.25) is 14.4 Å². The summed E-state index contributed by atoms with van der Waals surface area (Å²) in [6.45, 7) is 0. The van der Waals surface area contributed by atoms with Crippen LogP contribution in [0.3, 0.4) is 0 Å². The van der Waals surface area contributed by atoms with Gasteiger partial charge in [0, 0.05) is 40.9 Å². The fourth-order valence-corrected chi connectivity index (χ4v) is 3.68. The molecule has 0 atom stereocenters. The molecule has 3 heterocycles. The molecule has 0 aromatic carbocycles. The van der Waals surface area contributed by atoms with Gasteiger partial charge in [-0.2, -0.15) is 0 Å². The van der Waals surface area contributed by atoms with Crippen molar-refractivity contribution in [3.63, 3.8) is 0 Å². The van der Waals surface area contributed by atoms with E-state index in [9.17, 15) is 0 Å². The topological polar surface area (TPSA) is 55.1 Å². The molecule has 23 heavy (non-hydrogen) atoms. The van der Waals surface area contributed by atoms with E-state index in [0.29, 0.717) is 6.04 Å². The summed E-state index contributed by atoms with van der Waals surface area (Å²) in [6, 6.07) is 2.50. The molecule has 0 aliphatic heterocycles. The van der Waals surface area contributed by atoms with E-state index in [1.54, 1.807) is 18.6 Å². The van der Waals surface area contributed by atoms with Crippen LogP contribution in [0.1, 0.15) is 32.1 Å². The predicted octanol–water partition coefficient (Wildman–Crippen LogP) is 4.30. The second-order valence-corrected chi connectivity index (χ2v) is 6.80. The number of imidazole rings is 1. The maximum absolute atomic E-state index is 4.79. The number of hydrogen-bond acceptors (Lipinski definition) is 4. The number of anilines is 1. The minimum atomic E-state index is 0.510. The van der Waals surface area contributed by atoms with Crippen molar-refractivity contribution in [3.05, 3.63) is 41.5 Å². The van der Waals surface area contributed by atoms with Crippen molar-refractivity contribution in [2.24, 2.45) is 0 Å². The first kappa shape index (κ1) is 14.6. The van der Waals surface area contributed by atoms with Gasteiger partial charge in [-0.05, 0) is 34.8 Å². The van der Waals surface area contributed by atoms with Crippen molar-refractivity contribution in [1.82, 2.24) is 19.4 Å². The number of pyridine rings is 1. The van der Waals surface area contributed by atoms with Crippen LogP contribution in [0.4, 0.5) is 5.82 Å². The van der Waals surface area contributed by atoms with Crippen molar-refractivity contribution in [1.29, 1.82) is 0 Å². The highest BCUT2D eigenvalue weighted by molar-refractivity contribution is 9.10. The number of fused-ring (bicyclic) bond motifs is 1. The Labute approximate surface area is 143 Å². The van der Waals surface area contributed by atoms with Crippen LogP contribution in [0.2, 0.25) is 0 Å². The van der Waals surface area contributed by atoms with Gasteiger partial charge in [0.05, 0.1) is 6.20 Å². The molecule has 1 fully saturated rings. The summed E-state index contributed by atoms with van der Waals surface area (Å²) < 4.78 is 3.03. The Hall–Kier alpha value is -1.95. The van der Waals surface area contributed by atoms with Crippen molar-refractivity contribution in [2.45, 2.75) is 38.1 Å². The lowest BCUT2D eigenvalue weighted by Gasteiger charge is -2.24. The zero-order valence-electron chi connectivity index (χ0n) is 12.7. The van der Waals surface area contributed by atoms with Crippen LogP contribution >= 0.6 is 15.9 Å². The van der Waals surface area contributed by atoms with Crippen LogP contribution < -0.4 is 5.32 Å². The third-order valence-corrected chi connectivity index (χ3v) is 5.04. The first-order valence-corrected chi connectivity index (χ1v) is 8.81. The molecular weight excluding hydrogens is 354 g/mol. The van der Waals surface area contributed by atoms with Crippen LogP contribution in [0, 0.1) is 0 Å². The maximum atomic E-state index is 4.79. The quantitative estimate of drug-likeness (QED) is 0.745. The Morgan fingerprint density at radius 2 is 1.91 bits per heavy atom. The van der Waals surface area contributed by atoms with Crippen LogP contribution in [-0.2, 0) is 0 Å². The molecule has 3 aromatic rings. The molecule has 0 spiro atoms. The van der Waals surface area contributed by atoms with Crippen molar-refractivity contribution in [3.8, 4) is 11.3 Å². The first-order valence-electron chi connectivity index (χ1n) is 8.01. The lowest BCUT2D eigenvalue weighted by atomic mass is 9.95. The maximum Gasteiger partial charge on any atom is 0.157 e. The van der Waals surface area contributed by atoms with E-state index in [-0.39, 0.29) is 0 Å². The van der Waals surface area contributed by atoms with Crippen molar-refractivity contribution in [2.75, 3.05) is 5.32 Å². The highest BCUT2D eigenvalue weighted by Crippen LogP contribution is 2.34. The molecule has 4 rings (SSSR count). The van der Waals surface area contributed by atoms with E-state index < -0.39 is 0 Å². The molecule has 0 saturated heterocycles. The molecule has 118 valence electrons. The van der Waals surface area contributed by atoms with Crippen LogP contribution in [0.25, 0.3) is 16.9 Å². The summed E-state index contributed by atoms with van der Waals surface area (Å²) in [7, 11) is 0. The molecule has 1 aliphatic rings. The van der Waals surface area contributed by atoms with Gasteiger partial charge >= 0.3 is 0 Å². The fraction of sp³-hybridized carbons (Fsp3) is 0.353. The van der Waals surface area contributed by atoms with E-state index in [1.807, 2.05) is 18.5 Å². The van der Waals surface area contributed by atoms with Crippen LogP contribution in [0.5, 0.6) is 0 Å². The average Bonchev–Trinajstić information content (AvgIpc) is 2.95. The van der Waals surface area contributed by atoms with Crippen molar-refractivity contribution < 1.29 is 0 Å². The predicted molar refractivity (Wildman–Crippen MR) is 94.4 cm³/mol. The van der Waals surface area contributed by atoms with E-state index in [1.165, 1.54) is 32.1 Å². The molecular formula is C17H18BrN5. The number of nitrogens with zero attached hydrogens (tertiary/aromatic N) is 4. The van der Waals surface area contributed by atoms with Gasteiger partial charge in [0.15, 0.2) is 5.65 Å². The zero-order chi connectivity index (χ0) is 15.6. The standard InChI is InChI=1S/C17H18BrN5/c18-14-10-19-7-6-13(14)16-17(21-12-4-2-1-3-5-12)23-9-8-20-11-15(23)22-16/h6-12,21H,1-5H2. The highest BCUT2D eigenvalue weighted by Gasteiger charge is 2.20. The summed E-state index contributed by atoms with van der Waals surface area (Å²) >= 11 is 3.59. The summed E-state index contributed by atoms with van der Waals surface area (Å²) in [5, 5.41) is 3.73. The van der Waals surface area contributed by atoms with E-state index >= 15 is 0 Å². The largest absolute Gasteiger partial charge is 0.367 e. The SMILES string of the molecule is Brc1cnccc1-c1nc2cnccn2c1NC1CCCCC1. The summed E-state index contributed by atoms with van der Waals surface area (Å²) in [6.07, 6.45) is 15.5. The Morgan fingerprint density at radius 3 is 2.74 bits per heavy atom.